The van der Waals surface area contributed by atoms with E-state index in [1.807, 2.05) is 0 Å². The predicted octanol–water partition coefficient (Wildman–Crippen LogP) is -0.544. The molecular formula is C23H35N5O6. The number of unbranched alkanes of at least 4 members (excludes halogenated alkanes) is 1. The number of phenols is 1. The third-order valence-electron chi connectivity index (χ3n) is 5.80. The molecule has 1 aliphatic heterocycles. The molecule has 2 rings (SSSR count). The van der Waals surface area contributed by atoms with Crippen molar-refractivity contribution in [2.24, 2.45) is 11.5 Å². The second-order valence-electron chi connectivity index (χ2n) is 8.59. The number of carboxylic acids is 1. The van der Waals surface area contributed by atoms with Gasteiger partial charge in [-0.1, -0.05) is 12.1 Å². The number of rotatable bonds is 12. The maximum absolute atomic E-state index is 13.3. The summed E-state index contributed by atoms with van der Waals surface area (Å²) in [6.45, 7) is 2.30. The van der Waals surface area contributed by atoms with Crippen molar-refractivity contribution in [3.8, 4) is 5.75 Å². The van der Waals surface area contributed by atoms with E-state index in [0.717, 1.165) is 0 Å². The number of aromatic hydroxyl groups is 1. The lowest BCUT2D eigenvalue weighted by Crippen LogP contribution is -2.56. The first-order chi connectivity index (χ1) is 16.1. The minimum absolute atomic E-state index is 0.0220. The van der Waals surface area contributed by atoms with E-state index in [9.17, 15) is 29.4 Å². The van der Waals surface area contributed by atoms with Gasteiger partial charge in [0.2, 0.25) is 17.7 Å². The van der Waals surface area contributed by atoms with Crippen LogP contribution in [0.25, 0.3) is 0 Å². The van der Waals surface area contributed by atoms with Gasteiger partial charge >= 0.3 is 5.97 Å². The molecule has 0 saturated carbocycles. The molecule has 1 saturated heterocycles. The summed E-state index contributed by atoms with van der Waals surface area (Å²) in [6, 6.07) is 2.37. The highest BCUT2D eigenvalue weighted by molar-refractivity contribution is 5.94. The van der Waals surface area contributed by atoms with Crippen LogP contribution in [-0.2, 0) is 25.6 Å². The van der Waals surface area contributed by atoms with Gasteiger partial charge in [0.1, 0.15) is 23.9 Å². The van der Waals surface area contributed by atoms with Crippen molar-refractivity contribution in [1.29, 1.82) is 0 Å². The minimum Gasteiger partial charge on any atom is -0.508 e. The number of nitrogens with two attached hydrogens (primary N) is 2. The van der Waals surface area contributed by atoms with E-state index in [4.69, 9.17) is 11.5 Å². The van der Waals surface area contributed by atoms with Crippen LogP contribution < -0.4 is 22.1 Å². The van der Waals surface area contributed by atoms with Crippen molar-refractivity contribution in [2.75, 3.05) is 13.1 Å². The Bertz CT molecular complexity index is 860. The summed E-state index contributed by atoms with van der Waals surface area (Å²) in [7, 11) is 0. The topological polar surface area (TPSA) is 188 Å². The number of carboxylic acid groups (broad SMARTS) is 1. The molecule has 1 aromatic carbocycles. The minimum atomic E-state index is -1.21. The number of likely N-dealkylation sites (tertiary alicyclic amines) is 1. The Balaban J connectivity index is 2.10. The molecule has 1 aromatic rings. The van der Waals surface area contributed by atoms with E-state index in [-0.39, 0.29) is 12.2 Å². The van der Waals surface area contributed by atoms with Gasteiger partial charge in [0.05, 0.1) is 6.04 Å². The second kappa shape index (κ2) is 12.9. The molecule has 0 radical (unpaired) electrons. The lowest BCUT2D eigenvalue weighted by Gasteiger charge is -2.30. The van der Waals surface area contributed by atoms with Gasteiger partial charge in [-0.3, -0.25) is 14.4 Å². The third kappa shape index (κ3) is 7.70. The van der Waals surface area contributed by atoms with Crippen LogP contribution in [0.15, 0.2) is 24.3 Å². The highest BCUT2D eigenvalue weighted by Crippen LogP contribution is 2.21. The number of hydrogen-bond acceptors (Lipinski definition) is 7. The van der Waals surface area contributed by atoms with Crippen LogP contribution in [0.2, 0.25) is 0 Å². The quantitative estimate of drug-likeness (QED) is 0.216. The van der Waals surface area contributed by atoms with Gasteiger partial charge < -0.3 is 37.2 Å². The molecule has 0 aromatic heterocycles. The Morgan fingerprint density at radius 2 is 1.79 bits per heavy atom. The van der Waals surface area contributed by atoms with Crippen LogP contribution in [0, 0.1) is 0 Å². The number of amides is 3. The Hall–Kier alpha value is -3.18. The lowest BCUT2D eigenvalue weighted by molar-refractivity contribution is -0.145. The first kappa shape index (κ1) is 27.1. The first-order valence-corrected chi connectivity index (χ1v) is 11.5. The number of phenolic OH excluding ortho intramolecular Hbond substituents is 1. The molecule has 3 amide bonds. The molecule has 11 nitrogen and oxygen atoms in total. The molecule has 4 atom stereocenters. The van der Waals surface area contributed by atoms with Crippen molar-refractivity contribution >= 4 is 23.7 Å². The summed E-state index contributed by atoms with van der Waals surface area (Å²) in [5.41, 5.74) is 11.8. The van der Waals surface area contributed by atoms with Gasteiger partial charge in [-0.05, 0) is 63.3 Å². The fraction of sp³-hybridized carbons (Fsp3) is 0.565. The molecule has 11 heteroatoms. The number of hydrogen-bond donors (Lipinski definition) is 6. The fourth-order valence-electron chi connectivity index (χ4n) is 3.89. The number of benzene rings is 1. The third-order valence-corrected chi connectivity index (χ3v) is 5.80. The molecule has 4 unspecified atom stereocenters. The molecule has 1 heterocycles. The Morgan fingerprint density at radius 1 is 1.12 bits per heavy atom. The normalized spacial score (nSPS) is 18.1. The van der Waals surface area contributed by atoms with E-state index in [2.05, 4.69) is 10.6 Å². The highest BCUT2D eigenvalue weighted by Gasteiger charge is 2.38. The second-order valence-corrected chi connectivity index (χ2v) is 8.59. The molecule has 0 aliphatic carbocycles. The van der Waals surface area contributed by atoms with Crippen LogP contribution in [0.4, 0.5) is 0 Å². The van der Waals surface area contributed by atoms with Crippen molar-refractivity contribution in [3.05, 3.63) is 29.8 Å². The van der Waals surface area contributed by atoms with Gasteiger partial charge in [-0.25, -0.2) is 4.79 Å². The van der Waals surface area contributed by atoms with Crippen LogP contribution in [-0.4, -0.2) is 76.1 Å². The van der Waals surface area contributed by atoms with Crippen molar-refractivity contribution in [2.45, 2.75) is 69.6 Å². The maximum Gasteiger partial charge on any atom is 0.326 e. The molecule has 0 bridgehead atoms. The van der Waals surface area contributed by atoms with Crippen LogP contribution in [0.5, 0.6) is 5.75 Å². The zero-order chi connectivity index (χ0) is 25.3. The molecular weight excluding hydrogens is 442 g/mol. The predicted molar refractivity (Wildman–Crippen MR) is 125 cm³/mol. The number of carbonyl (C=O) groups excluding carboxylic acids is 3. The monoisotopic (exact) mass is 477 g/mol. The summed E-state index contributed by atoms with van der Waals surface area (Å²) in [5, 5.41) is 24.2. The van der Waals surface area contributed by atoms with Gasteiger partial charge in [0.15, 0.2) is 0 Å². The van der Waals surface area contributed by atoms with E-state index < -0.39 is 47.9 Å². The number of nitrogens with zero attached hydrogens (tertiary/aromatic N) is 1. The van der Waals surface area contributed by atoms with E-state index in [1.54, 1.807) is 12.1 Å². The molecule has 188 valence electrons. The Labute approximate surface area is 198 Å². The average molecular weight is 478 g/mol. The fourth-order valence-corrected chi connectivity index (χ4v) is 3.89. The van der Waals surface area contributed by atoms with Gasteiger partial charge in [-0.15, -0.1) is 0 Å². The van der Waals surface area contributed by atoms with Crippen LogP contribution in [0.3, 0.4) is 0 Å². The van der Waals surface area contributed by atoms with Crippen molar-refractivity contribution < 1.29 is 29.4 Å². The Morgan fingerprint density at radius 3 is 2.38 bits per heavy atom. The van der Waals surface area contributed by atoms with Gasteiger partial charge in [0, 0.05) is 13.0 Å². The zero-order valence-corrected chi connectivity index (χ0v) is 19.4. The molecule has 8 N–H and O–H groups in total. The van der Waals surface area contributed by atoms with E-state index >= 15 is 0 Å². The zero-order valence-electron chi connectivity index (χ0n) is 19.4. The Kier molecular flexibility index (Phi) is 10.3. The summed E-state index contributed by atoms with van der Waals surface area (Å²) in [5.74, 6) is -2.57. The van der Waals surface area contributed by atoms with Crippen molar-refractivity contribution in [3.63, 3.8) is 0 Å². The SMILES string of the molecule is CC(N)C(=O)NC(CCCCN)C(=O)N1CCCC1C(=O)NC(Cc1ccc(O)cc1)C(=O)O. The highest BCUT2D eigenvalue weighted by atomic mass is 16.4. The largest absolute Gasteiger partial charge is 0.508 e. The smallest absolute Gasteiger partial charge is 0.326 e. The van der Waals surface area contributed by atoms with Gasteiger partial charge in [0.25, 0.3) is 0 Å². The number of aliphatic carboxylic acids is 1. The number of carbonyl (C=O) groups is 4. The molecule has 0 spiro atoms. The number of nitrogens with one attached hydrogen (secondary N) is 2. The lowest BCUT2D eigenvalue weighted by atomic mass is 10.0. The summed E-state index contributed by atoms with van der Waals surface area (Å²) in [4.78, 5) is 51.6. The molecule has 34 heavy (non-hydrogen) atoms. The van der Waals surface area contributed by atoms with E-state index in [1.165, 1.54) is 24.0 Å². The summed E-state index contributed by atoms with van der Waals surface area (Å²) in [6.07, 6.45) is 2.64. The maximum atomic E-state index is 13.3. The first-order valence-electron chi connectivity index (χ1n) is 11.5. The van der Waals surface area contributed by atoms with Crippen LogP contribution >= 0.6 is 0 Å². The van der Waals surface area contributed by atoms with E-state index in [0.29, 0.717) is 50.8 Å². The molecule has 1 aliphatic rings. The molecule has 1 fully saturated rings. The van der Waals surface area contributed by atoms with Crippen LogP contribution in [0.1, 0.15) is 44.6 Å². The summed E-state index contributed by atoms with van der Waals surface area (Å²) < 4.78 is 0. The standard InChI is InChI=1S/C23H35N5O6/c1-14(25)20(30)26-17(5-2-3-11-24)22(32)28-12-4-6-19(28)21(31)27-18(23(33)34)13-15-7-9-16(29)10-8-15/h7-10,14,17-19,29H,2-6,11-13,24-25H2,1H3,(H,26,30)(H,27,31)(H,33,34). The average Bonchev–Trinajstić information content (AvgIpc) is 3.28. The van der Waals surface area contributed by atoms with Gasteiger partial charge in [-0.2, -0.15) is 0 Å². The van der Waals surface area contributed by atoms with Crippen molar-refractivity contribution in [1.82, 2.24) is 15.5 Å². The summed E-state index contributed by atoms with van der Waals surface area (Å²) >= 11 is 0.